The molecule has 0 bridgehead atoms. The number of carbonyl (C=O) groups excluding carboxylic acids is 4. The molecule has 0 saturated heterocycles. The standard InChI is InChI=1S/C89H146O17P2/c1-5-9-13-17-21-25-29-33-36-39-41-44-46-50-54-58-62-66-70-74-87(92)100-80-85(106-88(93)75-71-67-63-59-55-51-47-43-38-35-31-27-23-19-15-11-7-3)82-104-108(97,98)102-78-83(90)77-101-107(95,96)103-81-84(79-99-86(91)73-69-65-61-57-53-49-32-28-24-20-16-12-8-4)105-89(94)76-72-68-64-60-56-52-48-45-42-40-37-34-30-26-22-18-14-10-6-2/h9,13,21-23,25-27,33-38,41-42,44-45,47,50-52,54,56,59,63-64,68,83-85,90H,5-8,10-12,14-20,24,28-32,39-40,43,46,48-49,53,55,57-58,60-62,65-67,69-82H2,1-4H3,(H,95,96)(H,97,98)/b13-9-,25-21-,26-22-,27-23-,36-33-,37-34-,38-35-,44-41-,45-42-,51-47-,54-50-,56-52-,63-59-,68-64-/t83-,84+,85+/m0/s1. The van der Waals surface area contributed by atoms with E-state index in [9.17, 15) is 43.2 Å². The molecule has 614 valence electrons. The molecule has 0 amide bonds. The Hall–Kier alpha value is -5.58. The van der Waals surface area contributed by atoms with E-state index in [0.29, 0.717) is 38.5 Å². The Bertz CT molecular complexity index is 2710. The summed E-state index contributed by atoms with van der Waals surface area (Å²) >= 11 is 0. The molecule has 3 N–H and O–H groups in total. The van der Waals surface area contributed by atoms with Crippen LogP contribution in [-0.4, -0.2) is 96.7 Å². The Labute approximate surface area is 654 Å². The van der Waals surface area contributed by atoms with Crippen LogP contribution in [0.25, 0.3) is 0 Å². The van der Waals surface area contributed by atoms with Crippen molar-refractivity contribution in [1.82, 2.24) is 0 Å². The number of hydrogen-bond acceptors (Lipinski definition) is 15. The Morgan fingerprint density at radius 3 is 0.843 bits per heavy atom. The van der Waals surface area contributed by atoms with Gasteiger partial charge < -0.3 is 33.8 Å². The van der Waals surface area contributed by atoms with Crippen molar-refractivity contribution in [2.24, 2.45) is 0 Å². The zero-order valence-corrected chi connectivity index (χ0v) is 69.0. The van der Waals surface area contributed by atoms with Crippen LogP contribution >= 0.6 is 15.6 Å². The predicted molar refractivity (Wildman–Crippen MR) is 445 cm³/mol. The van der Waals surface area contributed by atoms with Crippen LogP contribution in [0.5, 0.6) is 0 Å². The Morgan fingerprint density at radius 2 is 0.509 bits per heavy atom. The predicted octanol–water partition coefficient (Wildman–Crippen LogP) is 24.6. The molecule has 5 atom stereocenters. The van der Waals surface area contributed by atoms with Gasteiger partial charge in [0.1, 0.15) is 19.3 Å². The van der Waals surface area contributed by atoms with Crippen LogP contribution in [0.1, 0.15) is 310 Å². The van der Waals surface area contributed by atoms with E-state index in [-0.39, 0.29) is 25.7 Å². The number of aliphatic hydroxyl groups is 1. The van der Waals surface area contributed by atoms with E-state index in [0.717, 1.165) is 128 Å². The average Bonchev–Trinajstić information content (AvgIpc) is 0.892. The third kappa shape index (κ3) is 78.5. The van der Waals surface area contributed by atoms with E-state index in [1.165, 1.54) is 89.9 Å². The number of aliphatic hydroxyl groups excluding tert-OH is 1. The molecular weight excluding hydrogens is 1400 g/mol. The van der Waals surface area contributed by atoms with E-state index in [4.69, 9.17) is 37.0 Å². The lowest BCUT2D eigenvalue weighted by Crippen LogP contribution is -2.30. The summed E-state index contributed by atoms with van der Waals surface area (Å²) in [5.41, 5.74) is 0. The van der Waals surface area contributed by atoms with Crippen molar-refractivity contribution in [2.75, 3.05) is 39.6 Å². The maximum absolute atomic E-state index is 13.1. The number of hydrogen-bond donors (Lipinski definition) is 3. The molecule has 0 aromatic heterocycles. The summed E-state index contributed by atoms with van der Waals surface area (Å²) in [7, 11) is -10.0. The number of unbranched alkanes of at least 4 members (excludes halogenated alkanes) is 22. The molecule has 0 fully saturated rings. The first-order chi connectivity index (χ1) is 52.7. The first-order valence-electron chi connectivity index (χ1n) is 41.4. The van der Waals surface area contributed by atoms with Crippen molar-refractivity contribution >= 4 is 39.5 Å². The van der Waals surface area contributed by atoms with Crippen molar-refractivity contribution < 1.29 is 80.2 Å². The lowest BCUT2D eigenvalue weighted by atomic mass is 10.0. The fourth-order valence-corrected chi connectivity index (χ4v) is 12.0. The summed E-state index contributed by atoms with van der Waals surface area (Å²) in [6.07, 6.45) is 94.9. The molecule has 17 nitrogen and oxygen atoms in total. The molecule has 19 heteroatoms. The van der Waals surface area contributed by atoms with Gasteiger partial charge in [0.15, 0.2) is 12.2 Å². The van der Waals surface area contributed by atoms with Crippen LogP contribution in [-0.2, 0) is 65.4 Å². The van der Waals surface area contributed by atoms with Crippen molar-refractivity contribution in [1.29, 1.82) is 0 Å². The Morgan fingerprint density at radius 1 is 0.269 bits per heavy atom. The van der Waals surface area contributed by atoms with Crippen LogP contribution in [0.15, 0.2) is 170 Å². The molecule has 2 unspecified atom stereocenters. The highest BCUT2D eigenvalue weighted by molar-refractivity contribution is 7.47. The molecule has 0 heterocycles. The van der Waals surface area contributed by atoms with Gasteiger partial charge in [-0.05, 0) is 148 Å². The molecule has 0 aromatic rings. The smallest absolute Gasteiger partial charge is 0.462 e. The number of phosphoric ester groups is 2. The third-order valence-electron chi connectivity index (χ3n) is 16.7. The highest BCUT2D eigenvalue weighted by atomic mass is 31.2. The van der Waals surface area contributed by atoms with Crippen molar-refractivity contribution in [2.45, 2.75) is 329 Å². The molecule has 0 rings (SSSR count). The number of rotatable bonds is 76. The molecule has 0 aliphatic rings. The van der Waals surface area contributed by atoms with Crippen LogP contribution in [0.3, 0.4) is 0 Å². The van der Waals surface area contributed by atoms with Gasteiger partial charge in [0.25, 0.3) is 0 Å². The molecule has 0 radical (unpaired) electrons. The molecular formula is C89H146O17P2. The molecule has 108 heavy (non-hydrogen) atoms. The van der Waals surface area contributed by atoms with E-state index in [1.807, 2.05) is 30.4 Å². The third-order valence-corrected chi connectivity index (χ3v) is 18.6. The minimum absolute atomic E-state index is 0.00354. The second kappa shape index (κ2) is 79.5. The summed E-state index contributed by atoms with van der Waals surface area (Å²) in [5, 5.41) is 10.7. The van der Waals surface area contributed by atoms with E-state index in [1.54, 1.807) is 0 Å². The Kier molecular flexibility index (Phi) is 75.4. The lowest BCUT2D eigenvalue weighted by molar-refractivity contribution is -0.161. The molecule has 0 aliphatic heterocycles. The van der Waals surface area contributed by atoms with Gasteiger partial charge in [0.2, 0.25) is 0 Å². The maximum Gasteiger partial charge on any atom is 0.472 e. The number of phosphoric acid groups is 2. The quantitative estimate of drug-likeness (QED) is 0.0169. The van der Waals surface area contributed by atoms with E-state index < -0.39 is 97.5 Å². The normalized spacial score (nSPS) is 14.7. The molecule has 0 aromatic carbocycles. The number of esters is 4. The van der Waals surface area contributed by atoms with Crippen LogP contribution in [0.2, 0.25) is 0 Å². The van der Waals surface area contributed by atoms with Gasteiger partial charge >= 0.3 is 39.5 Å². The summed E-state index contributed by atoms with van der Waals surface area (Å²) in [4.78, 5) is 73.1. The monoisotopic (exact) mass is 1550 g/mol. The highest BCUT2D eigenvalue weighted by Gasteiger charge is 2.30. The van der Waals surface area contributed by atoms with Gasteiger partial charge in [-0.1, -0.05) is 307 Å². The van der Waals surface area contributed by atoms with E-state index >= 15 is 0 Å². The average molecular weight is 1550 g/mol. The minimum Gasteiger partial charge on any atom is -0.462 e. The topological polar surface area (TPSA) is 237 Å². The van der Waals surface area contributed by atoms with Crippen molar-refractivity contribution in [3.05, 3.63) is 170 Å². The van der Waals surface area contributed by atoms with Gasteiger partial charge in [-0.2, -0.15) is 0 Å². The first-order valence-corrected chi connectivity index (χ1v) is 44.4. The summed E-state index contributed by atoms with van der Waals surface area (Å²) < 4.78 is 68.5. The fraction of sp³-hybridized carbons (Fsp3) is 0.640. The van der Waals surface area contributed by atoms with Crippen LogP contribution in [0, 0.1) is 0 Å². The fourth-order valence-electron chi connectivity index (χ4n) is 10.4. The second-order valence-electron chi connectivity index (χ2n) is 27.0. The molecule has 0 saturated carbocycles. The molecule has 0 aliphatic carbocycles. The van der Waals surface area contributed by atoms with Gasteiger partial charge in [-0.25, -0.2) is 9.13 Å². The van der Waals surface area contributed by atoms with Crippen LogP contribution < -0.4 is 0 Å². The van der Waals surface area contributed by atoms with Crippen LogP contribution in [0.4, 0.5) is 0 Å². The first kappa shape index (κ1) is 102. The van der Waals surface area contributed by atoms with Crippen molar-refractivity contribution in [3.63, 3.8) is 0 Å². The summed E-state index contributed by atoms with van der Waals surface area (Å²) in [6, 6.07) is 0. The summed E-state index contributed by atoms with van der Waals surface area (Å²) in [5.74, 6) is -2.38. The Balaban J connectivity index is 5.53. The zero-order chi connectivity index (χ0) is 78.9. The SMILES string of the molecule is CC/C=C\C/C=C\C/C=C\C/C=C\C/C=C\CCCCCC(=O)OC[C@H](COP(=O)(O)OC[C@@H](O)COP(=O)(O)OC[C@@H](COC(=O)CCCCCCCCCCCCCCC)OC(=O)CC/C=C\C/C=C\C/C=C\C/C=C\C/C=C\CCCCC)OC(=O)CCC/C=C\C/C=C\C/C=C\C/C=C\CCCCC. The largest absolute Gasteiger partial charge is 0.472 e. The van der Waals surface area contributed by atoms with Gasteiger partial charge in [-0.3, -0.25) is 37.3 Å². The van der Waals surface area contributed by atoms with Gasteiger partial charge in [-0.15, -0.1) is 0 Å². The minimum atomic E-state index is -5.02. The summed E-state index contributed by atoms with van der Waals surface area (Å²) in [6.45, 7) is 4.52. The van der Waals surface area contributed by atoms with Gasteiger partial charge in [0, 0.05) is 25.7 Å². The van der Waals surface area contributed by atoms with E-state index in [2.05, 4.69) is 167 Å². The highest BCUT2D eigenvalue weighted by Crippen LogP contribution is 2.45. The number of ether oxygens (including phenoxy) is 4. The molecule has 0 spiro atoms. The van der Waals surface area contributed by atoms with Gasteiger partial charge in [0.05, 0.1) is 26.4 Å². The number of carbonyl (C=O) groups is 4. The lowest BCUT2D eigenvalue weighted by Gasteiger charge is -2.21. The number of allylic oxidation sites excluding steroid dienone is 28. The zero-order valence-electron chi connectivity index (χ0n) is 67.2. The maximum atomic E-state index is 13.1. The van der Waals surface area contributed by atoms with Crippen molar-refractivity contribution in [3.8, 4) is 0 Å². The second-order valence-corrected chi connectivity index (χ2v) is 29.9.